The van der Waals surface area contributed by atoms with E-state index < -0.39 is 16.0 Å². The van der Waals surface area contributed by atoms with E-state index in [9.17, 15) is 18.0 Å². The van der Waals surface area contributed by atoms with Gasteiger partial charge in [0.05, 0.1) is 10.8 Å². The quantitative estimate of drug-likeness (QED) is 0.671. The molecule has 1 aromatic carbocycles. The molecular weight excluding hydrogens is 344 g/mol. The van der Waals surface area contributed by atoms with Crippen molar-refractivity contribution in [3.8, 4) is 0 Å². The Balaban J connectivity index is 1.78. The second-order valence-electron chi connectivity index (χ2n) is 6.31. The van der Waals surface area contributed by atoms with Gasteiger partial charge in [-0.05, 0) is 56.8 Å². The molecule has 8 heteroatoms. The SMILES string of the molecule is CNS(=O)(=O)c1ccc(CCC(=O)NC2CCC(C(=O)O)CC2)cc1. The number of hydrogen-bond acceptors (Lipinski definition) is 4. The third-order valence-electron chi connectivity index (χ3n) is 4.58. The number of aliphatic carboxylic acids is 1. The first-order valence-corrected chi connectivity index (χ1v) is 9.85. The molecule has 0 aliphatic heterocycles. The van der Waals surface area contributed by atoms with Crippen molar-refractivity contribution >= 4 is 21.9 Å². The van der Waals surface area contributed by atoms with Gasteiger partial charge in [-0.15, -0.1) is 0 Å². The van der Waals surface area contributed by atoms with Gasteiger partial charge >= 0.3 is 5.97 Å². The normalized spacial score (nSPS) is 20.8. The number of rotatable bonds is 7. The van der Waals surface area contributed by atoms with Crippen molar-refractivity contribution in [1.82, 2.24) is 10.0 Å². The molecule has 0 atom stereocenters. The molecular formula is C17H24N2O5S. The van der Waals surface area contributed by atoms with Crippen molar-refractivity contribution in [2.75, 3.05) is 7.05 Å². The smallest absolute Gasteiger partial charge is 0.306 e. The van der Waals surface area contributed by atoms with E-state index >= 15 is 0 Å². The Morgan fingerprint density at radius 1 is 1.12 bits per heavy atom. The second kappa shape index (κ2) is 8.44. The number of carbonyl (C=O) groups is 2. The van der Waals surface area contributed by atoms with E-state index in [0.29, 0.717) is 38.5 Å². The highest BCUT2D eigenvalue weighted by molar-refractivity contribution is 7.89. The van der Waals surface area contributed by atoms with Crippen molar-refractivity contribution in [2.45, 2.75) is 49.5 Å². The predicted molar refractivity (Wildman–Crippen MR) is 92.5 cm³/mol. The van der Waals surface area contributed by atoms with Crippen LogP contribution in [-0.2, 0) is 26.0 Å². The largest absolute Gasteiger partial charge is 0.481 e. The van der Waals surface area contributed by atoms with Gasteiger partial charge in [0.1, 0.15) is 0 Å². The molecule has 0 radical (unpaired) electrons. The van der Waals surface area contributed by atoms with E-state index in [1.807, 2.05) is 0 Å². The molecule has 1 aliphatic carbocycles. The van der Waals surface area contributed by atoms with Crippen molar-refractivity contribution in [2.24, 2.45) is 5.92 Å². The number of hydrogen-bond donors (Lipinski definition) is 3. The molecule has 0 aromatic heterocycles. The standard InChI is InChI=1S/C17H24N2O5S/c1-18-25(23,24)15-9-2-12(3-10-15)4-11-16(20)19-14-7-5-13(6-8-14)17(21)22/h2-3,9-10,13-14,18H,4-8,11H2,1H3,(H,19,20)(H,21,22). The Hall–Kier alpha value is -1.93. The van der Waals surface area contributed by atoms with Crippen LogP contribution in [0.2, 0.25) is 0 Å². The van der Waals surface area contributed by atoms with Crippen LogP contribution in [-0.4, -0.2) is 38.5 Å². The molecule has 1 aliphatic rings. The van der Waals surface area contributed by atoms with Crippen LogP contribution in [0, 0.1) is 5.92 Å². The van der Waals surface area contributed by atoms with Gasteiger partial charge < -0.3 is 10.4 Å². The molecule has 0 bridgehead atoms. The van der Waals surface area contributed by atoms with E-state index in [1.165, 1.54) is 19.2 Å². The zero-order chi connectivity index (χ0) is 18.4. The van der Waals surface area contributed by atoms with Crippen molar-refractivity contribution in [3.05, 3.63) is 29.8 Å². The Morgan fingerprint density at radius 2 is 1.72 bits per heavy atom. The van der Waals surface area contributed by atoms with Gasteiger partial charge in [-0.25, -0.2) is 13.1 Å². The lowest BCUT2D eigenvalue weighted by Gasteiger charge is -2.26. The highest BCUT2D eigenvalue weighted by Crippen LogP contribution is 2.24. The van der Waals surface area contributed by atoms with Gasteiger partial charge in [-0.3, -0.25) is 9.59 Å². The Kier molecular flexibility index (Phi) is 6.55. The third kappa shape index (κ3) is 5.54. The molecule has 2 rings (SSSR count). The third-order valence-corrected chi connectivity index (χ3v) is 6.01. The molecule has 0 unspecified atom stereocenters. The Morgan fingerprint density at radius 3 is 2.24 bits per heavy atom. The van der Waals surface area contributed by atoms with E-state index in [2.05, 4.69) is 10.0 Å². The molecule has 0 spiro atoms. The van der Waals surface area contributed by atoms with Crippen LogP contribution in [0.3, 0.4) is 0 Å². The summed E-state index contributed by atoms with van der Waals surface area (Å²) in [7, 11) is -2.09. The summed E-state index contributed by atoms with van der Waals surface area (Å²) >= 11 is 0. The molecule has 138 valence electrons. The number of carbonyl (C=O) groups excluding carboxylic acids is 1. The lowest BCUT2D eigenvalue weighted by atomic mass is 9.86. The molecule has 1 saturated carbocycles. The first-order valence-electron chi connectivity index (χ1n) is 8.36. The predicted octanol–water partition coefficient (Wildman–Crippen LogP) is 1.29. The molecule has 7 nitrogen and oxygen atoms in total. The van der Waals surface area contributed by atoms with Gasteiger partial charge in [-0.1, -0.05) is 12.1 Å². The zero-order valence-corrected chi connectivity index (χ0v) is 15.0. The first-order chi connectivity index (χ1) is 11.8. The highest BCUT2D eigenvalue weighted by Gasteiger charge is 2.26. The molecule has 0 heterocycles. The average molecular weight is 368 g/mol. The van der Waals surface area contributed by atoms with Crippen LogP contribution in [0.4, 0.5) is 0 Å². The van der Waals surface area contributed by atoms with Crippen LogP contribution in [0.5, 0.6) is 0 Å². The van der Waals surface area contributed by atoms with E-state index in [-0.39, 0.29) is 22.8 Å². The van der Waals surface area contributed by atoms with Crippen LogP contribution in [0.15, 0.2) is 29.2 Å². The number of carboxylic acids is 1. The first kappa shape index (κ1) is 19.4. The number of carboxylic acid groups (broad SMARTS) is 1. The lowest BCUT2D eigenvalue weighted by molar-refractivity contribution is -0.142. The van der Waals surface area contributed by atoms with Crippen molar-refractivity contribution < 1.29 is 23.1 Å². The summed E-state index contributed by atoms with van der Waals surface area (Å²) < 4.78 is 25.6. The Bertz CT molecular complexity index is 707. The summed E-state index contributed by atoms with van der Waals surface area (Å²) in [5, 5.41) is 11.9. The van der Waals surface area contributed by atoms with E-state index in [4.69, 9.17) is 5.11 Å². The maximum Gasteiger partial charge on any atom is 0.306 e. The average Bonchev–Trinajstić information content (AvgIpc) is 2.61. The summed E-state index contributed by atoms with van der Waals surface area (Å²) in [5.41, 5.74) is 0.889. The molecule has 0 saturated heterocycles. The minimum absolute atomic E-state index is 0.0475. The number of sulfonamides is 1. The summed E-state index contributed by atoms with van der Waals surface area (Å²) in [5.74, 6) is -1.11. The summed E-state index contributed by atoms with van der Waals surface area (Å²) in [6.45, 7) is 0. The van der Waals surface area contributed by atoms with Crippen molar-refractivity contribution in [1.29, 1.82) is 0 Å². The monoisotopic (exact) mass is 368 g/mol. The number of nitrogens with one attached hydrogen (secondary N) is 2. The van der Waals surface area contributed by atoms with Crippen LogP contribution in [0.1, 0.15) is 37.7 Å². The lowest BCUT2D eigenvalue weighted by Crippen LogP contribution is -2.38. The fourth-order valence-corrected chi connectivity index (χ4v) is 3.73. The minimum Gasteiger partial charge on any atom is -0.481 e. The van der Waals surface area contributed by atoms with Gasteiger partial charge in [0.2, 0.25) is 15.9 Å². The fourth-order valence-electron chi connectivity index (χ4n) is 3.00. The molecule has 1 aromatic rings. The topological polar surface area (TPSA) is 113 Å². The maximum atomic E-state index is 12.0. The molecule has 1 fully saturated rings. The second-order valence-corrected chi connectivity index (χ2v) is 8.19. The van der Waals surface area contributed by atoms with Crippen LogP contribution in [0.25, 0.3) is 0 Å². The van der Waals surface area contributed by atoms with E-state index in [1.54, 1.807) is 12.1 Å². The summed E-state index contributed by atoms with van der Waals surface area (Å²) in [6, 6.07) is 6.50. The number of amides is 1. The van der Waals surface area contributed by atoms with Gasteiger partial charge in [0.25, 0.3) is 0 Å². The summed E-state index contributed by atoms with van der Waals surface area (Å²) in [4.78, 5) is 23.2. The highest BCUT2D eigenvalue weighted by atomic mass is 32.2. The van der Waals surface area contributed by atoms with Gasteiger partial charge in [-0.2, -0.15) is 0 Å². The van der Waals surface area contributed by atoms with E-state index in [0.717, 1.165) is 5.56 Å². The zero-order valence-electron chi connectivity index (χ0n) is 14.2. The molecule has 1 amide bonds. The van der Waals surface area contributed by atoms with Gasteiger partial charge in [0.15, 0.2) is 0 Å². The molecule has 3 N–H and O–H groups in total. The summed E-state index contributed by atoms with van der Waals surface area (Å²) in [6.07, 6.45) is 3.43. The van der Waals surface area contributed by atoms with Crippen LogP contribution >= 0.6 is 0 Å². The number of aryl methyl sites for hydroxylation is 1. The van der Waals surface area contributed by atoms with Gasteiger partial charge in [0, 0.05) is 12.5 Å². The fraction of sp³-hybridized carbons (Fsp3) is 0.529. The minimum atomic E-state index is -3.45. The Labute approximate surface area is 147 Å². The van der Waals surface area contributed by atoms with Crippen LogP contribution < -0.4 is 10.0 Å². The maximum absolute atomic E-state index is 12.0. The van der Waals surface area contributed by atoms with Crippen molar-refractivity contribution in [3.63, 3.8) is 0 Å². The molecule has 25 heavy (non-hydrogen) atoms. The number of benzene rings is 1.